The standard InChI is InChI=1S/C15H27N3O/c19-15(14-5-4-8-16-14)18-11-6-13(7-12-18)17-9-2-1-3-10-17/h13-14,16H,1-12H2/t14-/m0/s1. The summed E-state index contributed by atoms with van der Waals surface area (Å²) in [4.78, 5) is 17.1. The molecule has 3 heterocycles. The summed E-state index contributed by atoms with van der Waals surface area (Å²) in [6.07, 6.45) is 8.68. The summed E-state index contributed by atoms with van der Waals surface area (Å²) in [6, 6.07) is 0.854. The fourth-order valence-electron chi connectivity index (χ4n) is 3.85. The number of rotatable bonds is 2. The second-order valence-electron chi connectivity index (χ2n) is 6.30. The van der Waals surface area contributed by atoms with Gasteiger partial charge in [0.05, 0.1) is 6.04 Å². The van der Waals surface area contributed by atoms with Crippen LogP contribution in [0.15, 0.2) is 0 Å². The van der Waals surface area contributed by atoms with Crippen molar-refractivity contribution in [3.63, 3.8) is 0 Å². The van der Waals surface area contributed by atoms with E-state index in [1.165, 1.54) is 45.2 Å². The Hall–Kier alpha value is -0.610. The summed E-state index contributed by atoms with van der Waals surface area (Å²) >= 11 is 0. The molecule has 4 heteroatoms. The largest absolute Gasteiger partial charge is 0.341 e. The molecule has 0 aliphatic carbocycles. The first kappa shape index (κ1) is 13.4. The van der Waals surface area contributed by atoms with E-state index in [9.17, 15) is 4.79 Å². The minimum atomic E-state index is 0.117. The van der Waals surface area contributed by atoms with Crippen LogP contribution >= 0.6 is 0 Å². The molecule has 0 aromatic rings. The molecule has 19 heavy (non-hydrogen) atoms. The highest BCUT2D eigenvalue weighted by Gasteiger charge is 2.31. The van der Waals surface area contributed by atoms with Crippen LogP contribution in [0.5, 0.6) is 0 Å². The number of nitrogens with zero attached hydrogens (tertiary/aromatic N) is 2. The zero-order chi connectivity index (χ0) is 13.1. The van der Waals surface area contributed by atoms with Crippen molar-refractivity contribution in [1.29, 1.82) is 0 Å². The molecule has 3 fully saturated rings. The minimum Gasteiger partial charge on any atom is -0.341 e. The lowest BCUT2D eigenvalue weighted by Crippen LogP contribution is -2.51. The van der Waals surface area contributed by atoms with Crippen molar-refractivity contribution in [2.45, 2.75) is 57.0 Å². The van der Waals surface area contributed by atoms with Gasteiger partial charge in [0.25, 0.3) is 0 Å². The number of hydrogen-bond donors (Lipinski definition) is 1. The highest BCUT2D eigenvalue weighted by atomic mass is 16.2. The number of carbonyl (C=O) groups is 1. The SMILES string of the molecule is O=C([C@@H]1CCCN1)N1CCC(N2CCCCC2)CC1. The minimum absolute atomic E-state index is 0.117. The number of likely N-dealkylation sites (tertiary alicyclic amines) is 2. The Morgan fingerprint density at radius 3 is 2.26 bits per heavy atom. The Bertz CT molecular complexity index is 301. The molecule has 0 aromatic heterocycles. The monoisotopic (exact) mass is 265 g/mol. The first-order chi connectivity index (χ1) is 9.34. The molecule has 3 aliphatic rings. The van der Waals surface area contributed by atoms with Gasteiger partial charge in [-0.05, 0) is 58.2 Å². The molecule has 0 bridgehead atoms. The van der Waals surface area contributed by atoms with Gasteiger partial charge in [-0.1, -0.05) is 6.42 Å². The van der Waals surface area contributed by atoms with E-state index in [0.717, 1.165) is 38.5 Å². The maximum Gasteiger partial charge on any atom is 0.239 e. The molecule has 108 valence electrons. The summed E-state index contributed by atoms with van der Waals surface area (Å²) < 4.78 is 0. The predicted molar refractivity (Wildman–Crippen MR) is 76.1 cm³/mol. The van der Waals surface area contributed by atoms with Crippen LogP contribution in [0.25, 0.3) is 0 Å². The maximum absolute atomic E-state index is 12.3. The van der Waals surface area contributed by atoms with Crippen LogP contribution in [0, 0.1) is 0 Å². The second kappa shape index (κ2) is 6.23. The van der Waals surface area contributed by atoms with Crippen molar-refractivity contribution in [2.75, 3.05) is 32.7 Å². The third kappa shape index (κ3) is 3.11. The van der Waals surface area contributed by atoms with Gasteiger partial charge in [-0.2, -0.15) is 0 Å². The molecule has 0 saturated carbocycles. The summed E-state index contributed by atoms with van der Waals surface area (Å²) in [5.74, 6) is 0.356. The Labute approximate surface area is 116 Å². The number of piperidine rings is 2. The lowest BCUT2D eigenvalue weighted by Gasteiger charge is -2.40. The van der Waals surface area contributed by atoms with Crippen LogP contribution in [0.2, 0.25) is 0 Å². The van der Waals surface area contributed by atoms with E-state index >= 15 is 0 Å². The lowest BCUT2D eigenvalue weighted by molar-refractivity contribution is -0.134. The van der Waals surface area contributed by atoms with Gasteiger partial charge in [-0.25, -0.2) is 0 Å². The molecular formula is C15H27N3O. The Kier molecular flexibility index (Phi) is 4.38. The summed E-state index contributed by atoms with van der Waals surface area (Å²) in [6.45, 7) is 5.52. The molecule has 3 saturated heterocycles. The summed E-state index contributed by atoms with van der Waals surface area (Å²) in [7, 11) is 0. The second-order valence-corrected chi connectivity index (χ2v) is 6.30. The van der Waals surface area contributed by atoms with E-state index in [2.05, 4.69) is 15.1 Å². The number of nitrogens with one attached hydrogen (secondary N) is 1. The molecular weight excluding hydrogens is 238 g/mol. The van der Waals surface area contributed by atoms with Crippen molar-refractivity contribution in [2.24, 2.45) is 0 Å². The van der Waals surface area contributed by atoms with Crippen LogP contribution in [0.4, 0.5) is 0 Å². The van der Waals surface area contributed by atoms with Crippen molar-refractivity contribution < 1.29 is 4.79 Å². The average Bonchev–Trinajstić information content (AvgIpc) is 3.02. The highest BCUT2D eigenvalue weighted by molar-refractivity contribution is 5.82. The molecule has 0 radical (unpaired) electrons. The highest BCUT2D eigenvalue weighted by Crippen LogP contribution is 2.22. The number of amides is 1. The van der Waals surface area contributed by atoms with Gasteiger partial charge in [0.1, 0.15) is 0 Å². The van der Waals surface area contributed by atoms with E-state index in [1.807, 2.05) is 0 Å². The lowest BCUT2D eigenvalue weighted by atomic mass is 9.99. The van der Waals surface area contributed by atoms with E-state index in [0.29, 0.717) is 5.91 Å². The number of carbonyl (C=O) groups excluding carboxylic acids is 1. The van der Waals surface area contributed by atoms with E-state index in [1.54, 1.807) is 0 Å². The smallest absolute Gasteiger partial charge is 0.239 e. The normalized spacial score (nSPS) is 30.7. The Balaban J connectivity index is 1.47. The van der Waals surface area contributed by atoms with Crippen LogP contribution in [0.1, 0.15) is 44.9 Å². The molecule has 4 nitrogen and oxygen atoms in total. The van der Waals surface area contributed by atoms with Gasteiger partial charge in [0.15, 0.2) is 0 Å². The molecule has 0 unspecified atom stereocenters. The maximum atomic E-state index is 12.3. The molecule has 1 amide bonds. The molecule has 1 N–H and O–H groups in total. The number of hydrogen-bond acceptors (Lipinski definition) is 3. The van der Waals surface area contributed by atoms with Crippen molar-refractivity contribution in [1.82, 2.24) is 15.1 Å². The van der Waals surface area contributed by atoms with Crippen LogP contribution in [-0.4, -0.2) is 60.5 Å². The molecule has 3 aliphatic heterocycles. The zero-order valence-electron chi connectivity index (χ0n) is 11.9. The first-order valence-electron chi connectivity index (χ1n) is 8.11. The average molecular weight is 265 g/mol. The van der Waals surface area contributed by atoms with Gasteiger partial charge >= 0.3 is 0 Å². The zero-order valence-corrected chi connectivity index (χ0v) is 11.9. The van der Waals surface area contributed by atoms with Gasteiger partial charge in [0.2, 0.25) is 5.91 Å². The van der Waals surface area contributed by atoms with Crippen LogP contribution in [-0.2, 0) is 4.79 Å². The van der Waals surface area contributed by atoms with Crippen molar-refractivity contribution in [3.8, 4) is 0 Å². The fraction of sp³-hybridized carbons (Fsp3) is 0.933. The Morgan fingerprint density at radius 2 is 1.63 bits per heavy atom. The Morgan fingerprint density at radius 1 is 0.895 bits per heavy atom. The van der Waals surface area contributed by atoms with Gasteiger partial charge in [-0.15, -0.1) is 0 Å². The van der Waals surface area contributed by atoms with Crippen molar-refractivity contribution in [3.05, 3.63) is 0 Å². The van der Waals surface area contributed by atoms with E-state index in [4.69, 9.17) is 0 Å². The third-order valence-corrected chi connectivity index (χ3v) is 5.04. The predicted octanol–water partition coefficient (Wildman–Crippen LogP) is 1.22. The van der Waals surface area contributed by atoms with Gasteiger partial charge < -0.3 is 15.1 Å². The molecule has 0 aromatic carbocycles. The topological polar surface area (TPSA) is 35.6 Å². The summed E-state index contributed by atoms with van der Waals surface area (Å²) in [5, 5.41) is 3.33. The van der Waals surface area contributed by atoms with Crippen LogP contribution < -0.4 is 5.32 Å². The molecule has 0 spiro atoms. The molecule has 3 rings (SSSR count). The third-order valence-electron chi connectivity index (χ3n) is 5.04. The van der Waals surface area contributed by atoms with Gasteiger partial charge in [-0.3, -0.25) is 4.79 Å². The fourth-order valence-corrected chi connectivity index (χ4v) is 3.85. The van der Waals surface area contributed by atoms with Gasteiger partial charge in [0, 0.05) is 19.1 Å². The first-order valence-corrected chi connectivity index (χ1v) is 8.11. The van der Waals surface area contributed by atoms with Crippen LogP contribution in [0.3, 0.4) is 0 Å². The van der Waals surface area contributed by atoms with E-state index in [-0.39, 0.29) is 6.04 Å². The quantitative estimate of drug-likeness (QED) is 0.815. The molecule has 1 atom stereocenters. The van der Waals surface area contributed by atoms with Crippen molar-refractivity contribution >= 4 is 5.91 Å². The van der Waals surface area contributed by atoms with E-state index < -0.39 is 0 Å². The summed E-state index contributed by atoms with van der Waals surface area (Å²) in [5.41, 5.74) is 0.